The second-order valence-corrected chi connectivity index (χ2v) is 8.51. The SMILES string of the molecule is COc1ccc([B-](OC)(OC)OC)cc1C12CC3CC(CC(C3)C1)C2. The summed E-state index contributed by atoms with van der Waals surface area (Å²) in [5.74, 6) is 3.67. The summed E-state index contributed by atoms with van der Waals surface area (Å²) >= 11 is 0. The molecule has 1 aromatic rings. The van der Waals surface area contributed by atoms with Crippen LogP contribution in [0.15, 0.2) is 18.2 Å². The Hall–Kier alpha value is -1.04. The van der Waals surface area contributed by atoms with Gasteiger partial charge >= 0.3 is 6.75 Å². The molecule has 0 aromatic heterocycles. The fourth-order valence-corrected chi connectivity index (χ4v) is 6.50. The Labute approximate surface area is 151 Å². The highest BCUT2D eigenvalue weighted by Crippen LogP contribution is 2.61. The van der Waals surface area contributed by atoms with Gasteiger partial charge in [0.25, 0.3) is 0 Å². The fraction of sp³-hybridized carbons (Fsp3) is 0.700. The molecule has 5 heteroatoms. The second kappa shape index (κ2) is 6.29. The minimum Gasteiger partial charge on any atom is -0.543 e. The summed E-state index contributed by atoms with van der Waals surface area (Å²) < 4.78 is 22.7. The molecule has 0 spiro atoms. The summed E-state index contributed by atoms with van der Waals surface area (Å²) in [5.41, 5.74) is 2.55. The van der Waals surface area contributed by atoms with E-state index in [9.17, 15) is 0 Å². The van der Waals surface area contributed by atoms with E-state index in [1.54, 1.807) is 28.4 Å². The molecule has 0 aliphatic heterocycles. The monoisotopic (exact) mass is 345 g/mol. The Morgan fingerprint density at radius 1 is 0.840 bits per heavy atom. The lowest BCUT2D eigenvalue weighted by molar-refractivity contribution is -0.00614. The molecule has 4 saturated carbocycles. The van der Waals surface area contributed by atoms with Crippen LogP contribution >= 0.6 is 0 Å². The summed E-state index contributed by atoms with van der Waals surface area (Å²) in [6, 6.07) is 6.32. The van der Waals surface area contributed by atoms with E-state index in [0.717, 1.165) is 29.0 Å². The lowest BCUT2D eigenvalue weighted by Gasteiger charge is -2.57. The van der Waals surface area contributed by atoms with Crippen LogP contribution in [0, 0.1) is 17.8 Å². The molecule has 0 saturated heterocycles. The van der Waals surface area contributed by atoms with E-state index in [-0.39, 0.29) is 5.41 Å². The second-order valence-electron chi connectivity index (χ2n) is 8.51. The molecule has 0 amide bonds. The van der Waals surface area contributed by atoms with Gasteiger partial charge in [0.05, 0.1) is 7.11 Å². The van der Waals surface area contributed by atoms with Crippen LogP contribution in [0.3, 0.4) is 0 Å². The van der Waals surface area contributed by atoms with Gasteiger partial charge in [-0.1, -0.05) is 12.1 Å². The van der Waals surface area contributed by atoms with Gasteiger partial charge in [0.1, 0.15) is 5.75 Å². The zero-order chi connectivity index (χ0) is 17.7. The van der Waals surface area contributed by atoms with Crippen molar-refractivity contribution in [2.45, 2.75) is 43.9 Å². The molecular weight excluding hydrogens is 315 g/mol. The van der Waals surface area contributed by atoms with Crippen molar-refractivity contribution in [1.29, 1.82) is 0 Å². The molecule has 4 fully saturated rings. The molecular formula is C20H30BO4-. The van der Waals surface area contributed by atoms with Crippen molar-refractivity contribution < 1.29 is 18.7 Å². The van der Waals surface area contributed by atoms with E-state index in [0.29, 0.717) is 0 Å². The number of ether oxygens (including phenoxy) is 1. The number of benzene rings is 1. The van der Waals surface area contributed by atoms with Crippen LogP contribution < -0.4 is 10.2 Å². The van der Waals surface area contributed by atoms with Crippen LogP contribution in [0.4, 0.5) is 0 Å². The highest BCUT2D eigenvalue weighted by Gasteiger charge is 2.52. The van der Waals surface area contributed by atoms with E-state index in [1.165, 1.54) is 44.1 Å². The molecule has 138 valence electrons. The number of hydrogen-bond acceptors (Lipinski definition) is 4. The minimum absolute atomic E-state index is 0.257. The van der Waals surface area contributed by atoms with Gasteiger partial charge in [-0.2, -0.15) is 0 Å². The molecule has 4 aliphatic carbocycles. The standard InChI is InChI=1S/C20H30BO4/c1-22-19-6-5-17(21(23-2,24-3)25-4)10-18(19)20-11-14-7-15(12-20)9-16(8-14)13-20/h5-6,10,14-16H,7-9,11-13H2,1-4H3/q-1. The van der Waals surface area contributed by atoms with E-state index in [4.69, 9.17) is 18.7 Å². The maximum Gasteiger partial charge on any atom is 0.409 e. The average molecular weight is 345 g/mol. The van der Waals surface area contributed by atoms with Crippen molar-refractivity contribution in [3.8, 4) is 5.75 Å². The maximum absolute atomic E-state index is 5.79. The predicted molar refractivity (Wildman–Crippen MR) is 99.3 cm³/mol. The third-order valence-electron chi connectivity index (χ3n) is 7.17. The molecule has 0 radical (unpaired) electrons. The molecule has 1 aromatic carbocycles. The molecule has 4 aliphatic rings. The van der Waals surface area contributed by atoms with Crippen molar-refractivity contribution in [3.63, 3.8) is 0 Å². The highest BCUT2D eigenvalue weighted by molar-refractivity contribution is 6.75. The zero-order valence-corrected chi connectivity index (χ0v) is 15.9. The van der Waals surface area contributed by atoms with Gasteiger partial charge in [0, 0.05) is 0 Å². The Kier molecular flexibility index (Phi) is 4.37. The Balaban J connectivity index is 1.80. The number of methoxy groups -OCH3 is 1. The molecule has 4 bridgehead atoms. The van der Waals surface area contributed by atoms with Crippen LogP contribution in [0.2, 0.25) is 0 Å². The largest absolute Gasteiger partial charge is 0.543 e. The number of hydrogen-bond donors (Lipinski definition) is 0. The molecule has 0 heterocycles. The predicted octanol–water partition coefficient (Wildman–Crippen LogP) is 3.25. The van der Waals surface area contributed by atoms with Gasteiger partial charge in [-0.25, -0.2) is 0 Å². The van der Waals surface area contributed by atoms with Crippen molar-refractivity contribution in [1.82, 2.24) is 0 Å². The lowest BCUT2D eigenvalue weighted by atomic mass is 9.47. The minimum atomic E-state index is -1.91. The maximum atomic E-state index is 5.79. The van der Waals surface area contributed by atoms with Crippen molar-refractivity contribution in [2.24, 2.45) is 17.8 Å². The lowest BCUT2D eigenvalue weighted by Crippen LogP contribution is -2.55. The topological polar surface area (TPSA) is 36.9 Å². The Morgan fingerprint density at radius 2 is 1.36 bits per heavy atom. The highest BCUT2D eigenvalue weighted by atomic mass is 16.7. The van der Waals surface area contributed by atoms with Gasteiger partial charge in [-0.05, 0) is 94.7 Å². The first-order valence-electron chi connectivity index (χ1n) is 9.56. The first-order valence-corrected chi connectivity index (χ1v) is 9.56. The van der Waals surface area contributed by atoms with Gasteiger partial charge < -0.3 is 18.7 Å². The molecule has 0 unspecified atom stereocenters. The Bertz CT molecular complexity index is 597. The molecule has 0 atom stereocenters. The van der Waals surface area contributed by atoms with Crippen molar-refractivity contribution in [3.05, 3.63) is 23.8 Å². The summed E-state index contributed by atoms with van der Waals surface area (Å²) in [5, 5.41) is 0. The first kappa shape index (κ1) is 17.4. The first-order chi connectivity index (χ1) is 12.1. The average Bonchev–Trinajstić information content (AvgIpc) is 2.62. The molecule has 4 nitrogen and oxygen atoms in total. The Morgan fingerprint density at radius 3 is 1.80 bits per heavy atom. The van der Waals surface area contributed by atoms with Gasteiger partial charge in [-0.3, -0.25) is 0 Å². The van der Waals surface area contributed by atoms with E-state index in [1.807, 2.05) is 6.07 Å². The van der Waals surface area contributed by atoms with Crippen LogP contribution in [0.1, 0.15) is 44.1 Å². The quantitative estimate of drug-likeness (QED) is 0.742. The van der Waals surface area contributed by atoms with Gasteiger partial charge in [-0.15, -0.1) is 5.46 Å². The van der Waals surface area contributed by atoms with Gasteiger partial charge in [0.2, 0.25) is 0 Å². The third-order valence-corrected chi connectivity index (χ3v) is 7.17. The fourth-order valence-electron chi connectivity index (χ4n) is 6.50. The zero-order valence-electron chi connectivity index (χ0n) is 15.9. The third kappa shape index (κ3) is 2.63. The number of rotatable bonds is 6. The smallest absolute Gasteiger partial charge is 0.409 e. The summed E-state index contributed by atoms with van der Waals surface area (Å²) in [6.45, 7) is -1.91. The van der Waals surface area contributed by atoms with E-state index >= 15 is 0 Å². The summed E-state index contributed by atoms with van der Waals surface area (Å²) in [7, 11) is 6.70. The normalized spacial score (nSPS) is 33.7. The summed E-state index contributed by atoms with van der Waals surface area (Å²) in [4.78, 5) is 0. The molecule has 5 rings (SSSR count). The molecule has 0 N–H and O–H groups in total. The van der Waals surface area contributed by atoms with Crippen LogP contribution in [-0.4, -0.2) is 35.2 Å². The van der Waals surface area contributed by atoms with Gasteiger partial charge in [0.15, 0.2) is 0 Å². The van der Waals surface area contributed by atoms with E-state index in [2.05, 4.69) is 12.1 Å². The van der Waals surface area contributed by atoms with Crippen LogP contribution in [0.5, 0.6) is 5.75 Å². The summed E-state index contributed by atoms with van der Waals surface area (Å²) in [6.07, 6.45) is 8.19. The van der Waals surface area contributed by atoms with Crippen LogP contribution in [0.25, 0.3) is 0 Å². The van der Waals surface area contributed by atoms with Crippen LogP contribution in [-0.2, 0) is 19.4 Å². The van der Waals surface area contributed by atoms with Crippen molar-refractivity contribution >= 4 is 12.2 Å². The molecule has 25 heavy (non-hydrogen) atoms. The van der Waals surface area contributed by atoms with Crippen molar-refractivity contribution in [2.75, 3.05) is 28.4 Å². The van der Waals surface area contributed by atoms with E-state index < -0.39 is 6.75 Å².